The predicted octanol–water partition coefficient (Wildman–Crippen LogP) is -0.361. The molecule has 0 aliphatic carbocycles. The zero-order chi connectivity index (χ0) is 7.78. The average molecular weight is 163 g/mol. The minimum Gasteiger partial charge on any atom is -0.314 e. The highest BCUT2D eigenvalue weighted by molar-refractivity contribution is 7.90. The second-order valence-corrected chi connectivity index (χ2v) is 5.23. The lowest BCUT2D eigenvalue weighted by molar-refractivity contribution is 0.276. The third kappa shape index (κ3) is 1.95. The van der Waals surface area contributed by atoms with Gasteiger partial charge >= 0.3 is 0 Å². The Morgan fingerprint density at radius 2 is 2.20 bits per heavy atom. The first kappa shape index (κ1) is 8.01. The van der Waals surface area contributed by atoms with Crippen molar-refractivity contribution >= 4 is 9.84 Å². The third-order valence-electron chi connectivity index (χ3n) is 1.93. The number of rotatable bonds is 2. The quantitative estimate of drug-likeness (QED) is 0.604. The molecule has 0 unspecified atom stereocenters. The Morgan fingerprint density at radius 3 is 2.30 bits per heavy atom. The molecule has 1 aliphatic rings. The molecule has 0 bridgehead atoms. The van der Waals surface area contributed by atoms with E-state index < -0.39 is 9.84 Å². The first-order chi connectivity index (χ1) is 4.49. The molecule has 1 N–H and O–H groups in total. The van der Waals surface area contributed by atoms with Crippen LogP contribution in [0.4, 0.5) is 0 Å². The summed E-state index contributed by atoms with van der Waals surface area (Å²) in [7, 11) is -2.76. The van der Waals surface area contributed by atoms with Crippen LogP contribution >= 0.6 is 0 Å². The van der Waals surface area contributed by atoms with E-state index in [0.717, 1.165) is 6.54 Å². The summed E-state index contributed by atoms with van der Waals surface area (Å²) in [5.41, 5.74) is 0. The van der Waals surface area contributed by atoms with Gasteiger partial charge in [-0.3, -0.25) is 0 Å². The van der Waals surface area contributed by atoms with Gasteiger partial charge in [-0.25, -0.2) is 8.42 Å². The molecule has 1 heterocycles. The molecule has 1 rings (SSSR count). The zero-order valence-corrected chi connectivity index (χ0v) is 7.11. The van der Waals surface area contributed by atoms with Crippen LogP contribution in [0.1, 0.15) is 6.92 Å². The van der Waals surface area contributed by atoms with E-state index in [1.54, 1.807) is 0 Å². The van der Waals surface area contributed by atoms with Crippen molar-refractivity contribution in [2.24, 2.45) is 5.92 Å². The summed E-state index contributed by atoms with van der Waals surface area (Å²) in [5.74, 6) is 0.677. The maximum absolute atomic E-state index is 10.8. The van der Waals surface area contributed by atoms with Gasteiger partial charge in [-0.1, -0.05) is 0 Å². The zero-order valence-electron chi connectivity index (χ0n) is 6.29. The highest BCUT2D eigenvalue weighted by Gasteiger charge is 2.28. The fraction of sp³-hybridized carbons (Fsp3) is 1.00. The van der Waals surface area contributed by atoms with E-state index in [4.69, 9.17) is 0 Å². The van der Waals surface area contributed by atoms with Gasteiger partial charge in [0, 0.05) is 24.8 Å². The van der Waals surface area contributed by atoms with Crippen molar-refractivity contribution in [2.75, 3.05) is 18.6 Å². The van der Waals surface area contributed by atoms with Gasteiger partial charge in [-0.15, -0.1) is 0 Å². The first-order valence-electron chi connectivity index (χ1n) is 3.40. The van der Waals surface area contributed by atoms with E-state index in [-0.39, 0.29) is 0 Å². The Labute approximate surface area is 61.7 Å². The van der Waals surface area contributed by atoms with Crippen LogP contribution in [0, 0.1) is 5.92 Å². The Bertz CT molecular complexity index is 210. The molecular weight excluding hydrogens is 150 g/mol. The summed E-state index contributed by atoms with van der Waals surface area (Å²) in [6.07, 6.45) is 1.29. The SMILES string of the molecule is C[C@H]1NC[C@@H]1CS(C)(=O)=O. The van der Waals surface area contributed by atoms with Crippen molar-refractivity contribution in [3.8, 4) is 0 Å². The van der Waals surface area contributed by atoms with Crippen LogP contribution in [-0.4, -0.2) is 33.0 Å². The van der Waals surface area contributed by atoms with E-state index in [0.29, 0.717) is 17.7 Å². The Kier molecular flexibility index (Phi) is 2.01. The van der Waals surface area contributed by atoms with Gasteiger partial charge in [0.2, 0.25) is 0 Å². The molecule has 3 nitrogen and oxygen atoms in total. The maximum Gasteiger partial charge on any atom is 0.147 e. The normalized spacial score (nSPS) is 33.4. The monoisotopic (exact) mass is 163 g/mol. The van der Waals surface area contributed by atoms with E-state index in [1.807, 2.05) is 6.92 Å². The summed E-state index contributed by atoms with van der Waals surface area (Å²) in [6, 6.07) is 0.384. The van der Waals surface area contributed by atoms with Gasteiger partial charge in [0.05, 0.1) is 5.75 Å². The van der Waals surface area contributed by atoms with Gasteiger partial charge in [-0.05, 0) is 6.92 Å². The molecule has 0 aromatic rings. The second kappa shape index (κ2) is 2.51. The van der Waals surface area contributed by atoms with Crippen LogP contribution in [0.25, 0.3) is 0 Å². The van der Waals surface area contributed by atoms with Crippen LogP contribution in [0.15, 0.2) is 0 Å². The molecule has 1 fully saturated rings. The van der Waals surface area contributed by atoms with Crippen molar-refractivity contribution in [1.29, 1.82) is 0 Å². The van der Waals surface area contributed by atoms with Gasteiger partial charge in [0.15, 0.2) is 0 Å². The molecule has 0 aromatic carbocycles. The molecule has 1 saturated heterocycles. The number of hydrogen-bond acceptors (Lipinski definition) is 3. The van der Waals surface area contributed by atoms with Crippen molar-refractivity contribution < 1.29 is 8.42 Å². The predicted molar refractivity (Wildman–Crippen MR) is 40.7 cm³/mol. The molecule has 1 aliphatic heterocycles. The molecule has 10 heavy (non-hydrogen) atoms. The van der Waals surface area contributed by atoms with Crippen molar-refractivity contribution in [3.05, 3.63) is 0 Å². The van der Waals surface area contributed by atoms with Gasteiger partial charge in [0.1, 0.15) is 9.84 Å². The summed E-state index contributed by atoms with van der Waals surface area (Å²) in [5, 5.41) is 3.12. The van der Waals surface area contributed by atoms with Crippen molar-refractivity contribution in [1.82, 2.24) is 5.32 Å². The Hall–Kier alpha value is -0.0900. The average Bonchev–Trinajstić information content (AvgIpc) is 1.78. The fourth-order valence-electron chi connectivity index (χ4n) is 1.11. The molecule has 0 saturated carbocycles. The summed E-state index contributed by atoms with van der Waals surface area (Å²) in [6.45, 7) is 2.87. The lowest BCUT2D eigenvalue weighted by atomic mass is 9.96. The largest absolute Gasteiger partial charge is 0.314 e. The van der Waals surface area contributed by atoms with Gasteiger partial charge in [0.25, 0.3) is 0 Å². The molecule has 2 atom stereocenters. The smallest absolute Gasteiger partial charge is 0.147 e. The molecule has 0 spiro atoms. The van der Waals surface area contributed by atoms with Crippen molar-refractivity contribution in [2.45, 2.75) is 13.0 Å². The van der Waals surface area contributed by atoms with Gasteiger partial charge in [-0.2, -0.15) is 0 Å². The van der Waals surface area contributed by atoms with Crippen LogP contribution < -0.4 is 5.32 Å². The van der Waals surface area contributed by atoms with Crippen LogP contribution in [-0.2, 0) is 9.84 Å². The van der Waals surface area contributed by atoms with Crippen LogP contribution in [0.5, 0.6) is 0 Å². The lowest BCUT2D eigenvalue weighted by Crippen LogP contribution is -2.53. The Balaban J connectivity index is 2.40. The minimum absolute atomic E-state index is 0.334. The number of nitrogens with one attached hydrogen (secondary N) is 1. The number of sulfone groups is 1. The van der Waals surface area contributed by atoms with Gasteiger partial charge < -0.3 is 5.32 Å². The highest BCUT2D eigenvalue weighted by atomic mass is 32.2. The van der Waals surface area contributed by atoms with E-state index in [2.05, 4.69) is 5.32 Å². The second-order valence-electron chi connectivity index (χ2n) is 3.05. The lowest BCUT2D eigenvalue weighted by Gasteiger charge is -2.34. The molecule has 0 aromatic heterocycles. The number of hydrogen-bond donors (Lipinski definition) is 1. The molecule has 4 heteroatoms. The van der Waals surface area contributed by atoms with Crippen LogP contribution in [0.2, 0.25) is 0 Å². The summed E-state index contributed by atoms with van der Waals surface area (Å²) in [4.78, 5) is 0. The standard InChI is InChI=1S/C6H13NO2S/c1-5-6(3-7-5)4-10(2,8)9/h5-7H,3-4H2,1-2H3/t5-,6-/m1/s1. The maximum atomic E-state index is 10.8. The molecule has 0 radical (unpaired) electrons. The molecule has 60 valence electrons. The summed E-state index contributed by atoms with van der Waals surface area (Å²) >= 11 is 0. The van der Waals surface area contributed by atoms with E-state index >= 15 is 0 Å². The fourth-order valence-corrected chi connectivity index (χ4v) is 2.30. The van der Waals surface area contributed by atoms with Crippen molar-refractivity contribution in [3.63, 3.8) is 0 Å². The van der Waals surface area contributed by atoms with E-state index in [1.165, 1.54) is 6.26 Å². The minimum atomic E-state index is -2.76. The topological polar surface area (TPSA) is 46.2 Å². The third-order valence-corrected chi connectivity index (χ3v) is 2.96. The summed E-state index contributed by atoms with van der Waals surface area (Å²) < 4.78 is 21.5. The van der Waals surface area contributed by atoms with E-state index in [9.17, 15) is 8.42 Å². The Morgan fingerprint density at radius 1 is 1.60 bits per heavy atom. The molecule has 0 amide bonds. The molecular formula is C6H13NO2S. The van der Waals surface area contributed by atoms with Crippen LogP contribution in [0.3, 0.4) is 0 Å². The highest BCUT2D eigenvalue weighted by Crippen LogP contribution is 2.13. The first-order valence-corrected chi connectivity index (χ1v) is 5.46.